The van der Waals surface area contributed by atoms with E-state index in [2.05, 4.69) is 0 Å². The molecule has 6 nitrogen and oxygen atoms in total. The Balaban J connectivity index is 1.98. The summed E-state index contributed by atoms with van der Waals surface area (Å²) in [6, 6.07) is 6.22. The van der Waals surface area contributed by atoms with Gasteiger partial charge >= 0.3 is 12.1 Å². The summed E-state index contributed by atoms with van der Waals surface area (Å²) < 4.78 is 78.8. The van der Waals surface area contributed by atoms with Gasteiger partial charge in [-0.05, 0) is 42.8 Å². The minimum Gasteiger partial charge on any atom is -0.480 e. The Bertz CT molecular complexity index is 1080. The van der Waals surface area contributed by atoms with Crippen LogP contribution in [0.5, 0.6) is 0 Å². The molecule has 2 unspecified atom stereocenters. The molecule has 1 aliphatic rings. The number of carboxylic acid groups (broad SMARTS) is 1. The highest BCUT2D eigenvalue weighted by atomic mass is 32.2. The fourth-order valence-electron chi connectivity index (χ4n) is 3.37. The molecule has 0 aliphatic carbocycles. The Kier molecular flexibility index (Phi) is 5.59. The van der Waals surface area contributed by atoms with E-state index < -0.39 is 68.4 Å². The van der Waals surface area contributed by atoms with Gasteiger partial charge in [0.1, 0.15) is 11.9 Å². The van der Waals surface area contributed by atoms with Crippen molar-refractivity contribution < 1.29 is 40.7 Å². The van der Waals surface area contributed by atoms with Crippen LogP contribution in [-0.2, 0) is 20.8 Å². The van der Waals surface area contributed by atoms with Gasteiger partial charge in [0.2, 0.25) is 0 Å². The van der Waals surface area contributed by atoms with E-state index >= 15 is 0 Å². The molecule has 0 spiro atoms. The first-order valence-corrected chi connectivity index (χ1v) is 10.2. The average molecular weight is 445 g/mol. The van der Waals surface area contributed by atoms with Crippen molar-refractivity contribution in [1.29, 1.82) is 0 Å². The molecule has 0 radical (unpaired) electrons. The van der Waals surface area contributed by atoms with E-state index in [4.69, 9.17) is 0 Å². The summed E-state index contributed by atoms with van der Waals surface area (Å²) in [6.45, 7) is -0.609. The quantitative estimate of drug-likeness (QED) is 0.731. The minimum atomic E-state index is -4.93. The molecular weight excluding hydrogens is 430 g/mol. The van der Waals surface area contributed by atoms with Gasteiger partial charge in [-0.2, -0.15) is 13.2 Å². The van der Waals surface area contributed by atoms with Gasteiger partial charge in [-0.1, -0.05) is 12.1 Å². The fraction of sp³-hybridized carbons (Fsp3) is 0.263. The van der Waals surface area contributed by atoms with Crippen LogP contribution < -0.4 is 0 Å². The van der Waals surface area contributed by atoms with E-state index in [1.165, 1.54) is 0 Å². The molecule has 1 aliphatic heterocycles. The molecule has 0 bridgehead atoms. The molecule has 0 aromatic heterocycles. The Hall–Kier alpha value is -2.95. The van der Waals surface area contributed by atoms with E-state index in [0.29, 0.717) is 6.07 Å². The lowest BCUT2D eigenvalue weighted by Crippen LogP contribution is -2.40. The van der Waals surface area contributed by atoms with Crippen molar-refractivity contribution in [2.24, 2.45) is 0 Å². The summed E-state index contributed by atoms with van der Waals surface area (Å²) in [7, 11) is -4.61. The topological polar surface area (TPSA) is 91.8 Å². The number of halogens is 4. The number of rotatable bonds is 4. The van der Waals surface area contributed by atoms with E-state index in [0.717, 1.165) is 47.4 Å². The summed E-state index contributed by atoms with van der Waals surface area (Å²) in [6.07, 6.45) is -5.51. The summed E-state index contributed by atoms with van der Waals surface area (Å²) >= 11 is 0. The third-order valence-electron chi connectivity index (χ3n) is 4.84. The molecule has 1 fully saturated rings. The predicted molar refractivity (Wildman–Crippen MR) is 95.9 cm³/mol. The molecule has 2 aromatic rings. The Morgan fingerprint density at radius 2 is 1.63 bits per heavy atom. The SMILES string of the molecule is O=C(O)C1CC(S(=O)(=O)c2ccccc2C(F)(F)F)CN1C(=O)c1ccc(F)cc1. The van der Waals surface area contributed by atoms with Crippen LogP contribution in [-0.4, -0.2) is 48.1 Å². The van der Waals surface area contributed by atoms with E-state index in [1.54, 1.807) is 0 Å². The first-order valence-electron chi connectivity index (χ1n) is 8.62. The van der Waals surface area contributed by atoms with Crippen molar-refractivity contribution >= 4 is 21.7 Å². The summed E-state index contributed by atoms with van der Waals surface area (Å²) in [5.74, 6) is -2.98. The van der Waals surface area contributed by atoms with Crippen LogP contribution in [0.1, 0.15) is 22.3 Å². The zero-order chi connectivity index (χ0) is 22.3. The fourth-order valence-corrected chi connectivity index (χ4v) is 5.28. The van der Waals surface area contributed by atoms with Gasteiger partial charge in [0.05, 0.1) is 15.7 Å². The molecule has 30 heavy (non-hydrogen) atoms. The van der Waals surface area contributed by atoms with Gasteiger partial charge in [0.25, 0.3) is 5.91 Å². The monoisotopic (exact) mass is 445 g/mol. The Morgan fingerprint density at radius 1 is 1.03 bits per heavy atom. The smallest absolute Gasteiger partial charge is 0.417 e. The number of carbonyl (C=O) groups is 2. The molecule has 11 heteroatoms. The zero-order valence-corrected chi connectivity index (χ0v) is 16.0. The van der Waals surface area contributed by atoms with Crippen molar-refractivity contribution in [2.45, 2.75) is 28.8 Å². The highest BCUT2D eigenvalue weighted by Gasteiger charge is 2.47. The highest BCUT2D eigenvalue weighted by Crippen LogP contribution is 2.37. The van der Waals surface area contributed by atoms with Crippen molar-refractivity contribution in [3.8, 4) is 0 Å². The summed E-state index contributed by atoms with van der Waals surface area (Å²) in [4.78, 5) is 24.1. The van der Waals surface area contributed by atoms with Crippen LogP contribution in [0.3, 0.4) is 0 Å². The maximum Gasteiger partial charge on any atom is 0.417 e. The van der Waals surface area contributed by atoms with E-state index in [1.807, 2.05) is 0 Å². The number of carbonyl (C=O) groups excluding carboxylic acids is 1. The number of likely N-dealkylation sites (tertiary alicyclic amines) is 1. The number of carboxylic acids is 1. The number of amides is 1. The predicted octanol–water partition coefficient (Wildman–Crippen LogP) is 2.99. The maximum atomic E-state index is 13.3. The number of alkyl halides is 3. The van der Waals surface area contributed by atoms with Crippen LogP contribution in [0.25, 0.3) is 0 Å². The molecule has 1 saturated heterocycles. The lowest BCUT2D eigenvalue weighted by Gasteiger charge is -2.21. The van der Waals surface area contributed by atoms with Gasteiger partial charge in [-0.25, -0.2) is 17.6 Å². The summed E-state index contributed by atoms with van der Waals surface area (Å²) in [5, 5.41) is 7.88. The second-order valence-corrected chi connectivity index (χ2v) is 8.91. The molecule has 1 heterocycles. The maximum absolute atomic E-state index is 13.3. The van der Waals surface area contributed by atoms with Gasteiger partial charge in [0.15, 0.2) is 9.84 Å². The van der Waals surface area contributed by atoms with Gasteiger partial charge in [-0.3, -0.25) is 4.79 Å². The average Bonchev–Trinajstić information content (AvgIpc) is 3.14. The van der Waals surface area contributed by atoms with Crippen molar-refractivity contribution in [2.75, 3.05) is 6.54 Å². The van der Waals surface area contributed by atoms with E-state index in [-0.39, 0.29) is 5.56 Å². The van der Waals surface area contributed by atoms with Crippen LogP contribution in [0.15, 0.2) is 53.4 Å². The highest BCUT2D eigenvalue weighted by molar-refractivity contribution is 7.92. The molecule has 2 atom stereocenters. The molecular formula is C19H15F4NO5S. The van der Waals surface area contributed by atoms with Crippen LogP contribution in [0, 0.1) is 5.82 Å². The van der Waals surface area contributed by atoms with Gasteiger partial charge < -0.3 is 10.0 Å². The van der Waals surface area contributed by atoms with Gasteiger partial charge in [-0.15, -0.1) is 0 Å². The van der Waals surface area contributed by atoms with Crippen molar-refractivity contribution in [3.63, 3.8) is 0 Å². The standard InChI is InChI=1S/C19H15F4NO5S/c20-12-7-5-11(6-8-12)17(25)24-10-13(9-15(24)18(26)27)30(28,29)16-4-2-1-3-14(16)19(21,22)23/h1-8,13,15H,9-10H2,(H,26,27). The first-order chi connectivity index (χ1) is 13.9. The number of sulfone groups is 1. The number of hydrogen-bond acceptors (Lipinski definition) is 4. The third-order valence-corrected chi connectivity index (χ3v) is 7.03. The van der Waals surface area contributed by atoms with Crippen LogP contribution in [0.4, 0.5) is 17.6 Å². The van der Waals surface area contributed by atoms with Crippen LogP contribution in [0.2, 0.25) is 0 Å². The van der Waals surface area contributed by atoms with Gasteiger partial charge in [0, 0.05) is 12.1 Å². The second-order valence-electron chi connectivity index (χ2n) is 6.72. The molecule has 0 saturated carbocycles. The zero-order valence-electron chi connectivity index (χ0n) is 15.1. The number of benzene rings is 2. The summed E-state index contributed by atoms with van der Waals surface area (Å²) in [5.41, 5.74) is -1.43. The minimum absolute atomic E-state index is 0.0728. The molecule has 2 aromatic carbocycles. The Morgan fingerprint density at radius 3 is 2.20 bits per heavy atom. The Labute approximate surface area is 168 Å². The van der Waals surface area contributed by atoms with E-state index in [9.17, 15) is 40.7 Å². The van der Waals surface area contributed by atoms with Crippen molar-refractivity contribution in [3.05, 3.63) is 65.5 Å². The lowest BCUT2D eigenvalue weighted by molar-refractivity contribution is -0.141. The second kappa shape index (κ2) is 7.71. The molecule has 3 rings (SSSR count). The molecule has 160 valence electrons. The van der Waals surface area contributed by atoms with Crippen molar-refractivity contribution in [1.82, 2.24) is 4.90 Å². The molecule has 1 amide bonds. The number of nitrogens with zero attached hydrogens (tertiary/aromatic N) is 1. The lowest BCUT2D eigenvalue weighted by atomic mass is 10.1. The molecule has 1 N–H and O–H groups in total. The number of aliphatic carboxylic acids is 1. The van der Waals surface area contributed by atoms with Crippen LogP contribution >= 0.6 is 0 Å². The third kappa shape index (κ3) is 4.02. The number of hydrogen-bond donors (Lipinski definition) is 1. The first kappa shape index (κ1) is 21.8. The largest absolute Gasteiger partial charge is 0.480 e. The normalized spacial score (nSPS) is 19.7.